The number of fused-ring (bicyclic) bond motifs is 1. The number of para-hydroxylation sites is 1. The van der Waals surface area contributed by atoms with Crippen LogP contribution in [0, 0.1) is 5.92 Å². The van der Waals surface area contributed by atoms with Crippen molar-refractivity contribution in [2.24, 2.45) is 5.92 Å². The molecule has 2 heterocycles. The molecule has 0 aliphatic heterocycles. The van der Waals surface area contributed by atoms with Crippen molar-refractivity contribution in [1.82, 2.24) is 13.9 Å². The number of benzene rings is 2. The molecule has 2 aromatic carbocycles. The van der Waals surface area contributed by atoms with E-state index in [4.69, 9.17) is 11.6 Å². The number of hydrogen-bond acceptors (Lipinski definition) is 6. The van der Waals surface area contributed by atoms with Crippen LogP contribution in [0.5, 0.6) is 0 Å². The first-order valence-electron chi connectivity index (χ1n) is 11.3. The minimum absolute atomic E-state index is 0.0707. The van der Waals surface area contributed by atoms with Crippen molar-refractivity contribution < 1.29 is 18.3 Å². The number of nitrogens with one attached hydrogen (secondary N) is 1. The third-order valence-corrected chi connectivity index (χ3v) is 8.30. The number of aliphatic carboxylic acids is 1. The maximum absolute atomic E-state index is 13.4. The van der Waals surface area contributed by atoms with Crippen LogP contribution in [0.25, 0.3) is 22.2 Å². The Kier molecular flexibility index (Phi) is 6.21. The van der Waals surface area contributed by atoms with Gasteiger partial charge in [0.1, 0.15) is 0 Å². The highest BCUT2D eigenvalue weighted by Gasteiger charge is 2.28. The molecule has 5 rings (SSSR count). The molecule has 35 heavy (non-hydrogen) atoms. The van der Waals surface area contributed by atoms with Gasteiger partial charge in [0, 0.05) is 23.2 Å². The second kappa shape index (κ2) is 9.31. The van der Waals surface area contributed by atoms with Crippen LogP contribution in [0.4, 0.5) is 5.95 Å². The normalized spacial score (nSPS) is 18.4. The Bertz CT molecular complexity index is 1500. The predicted octanol–water partition coefficient (Wildman–Crippen LogP) is 5.04. The molecule has 0 bridgehead atoms. The molecule has 2 N–H and O–H groups in total. The van der Waals surface area contributed by atoms with Crippen molar-refractivity contribution >= 4 is 44.4 Å². The van der Waals surface area contributed by atoms with Crippen molar-refractivity contribution in [1.29, 1.82) is 0 Å². The first-order valence-corrected chi connectivity index (χ1v) is 13.1. The monoisotopic (exact) mass is 510 g/mol. The number of nitrogens with zero attached hydrogens (tertiary/aromatic N) is 3. The lowest BCUT2D eigenvalue weighted by atomic mass is 9.86. The van der Waals surface area contributed by atoms with Crippen molar-refractivity contribution in [3.8, 4) is 11.3 Å². The quantitative estimate of drug-likeness (QED) is 0.373. The lowest BCUT2D eigenvalue weighted by molar-refractivity contribution is -0.142. The van der Waals surface area contributed by atoms with Crippen LogP contribution in [-0.2, 0) is 14.8 Å². The van der Waals surface area contributed by atoms with Crippen LogP contribution in [0.15, 0.2) is 71.9 Å². The van der Waals surface area contributed by atoms with E-state index in [0.717, 1.165) is 12.8 Å². The highest BCUT2D eigenvalue weighted by atomic mass is 35.5. The van der Waals surface area contributed by atoms with E-state index in [-0.39, 0.29) is 16.0 Å². The number of carboxylic acids is 1. The zero-order valence-electron chi connectivity index (χ0n) is 18.6. The van der Waals surface area contributed by atoms with E-state index in [1.807, 2.05) is 12.1 Å². The Morgan fingerprint density at radius 1 is 1.09 bits per heavy atom. The van der Waals surface area contributed by atoms with Crippen LogP contribution in [0.1, 0.15) is 25.7 Å². The zero-order valence-corrected chi connectivity index (χ0v) is 20.2. The Hall–Kier alpha value is -3.43. The van der Waals surface area contributed by atoms with E-state index < -0.39 is 21.9 Å². The van der Waals surface area contributed by atoms with Gasteiger partial charge in [0.25, 0.3) is 10.0 Å². The molecule has 0 radical (unpaired) electrons. The Balaban J connectivity index is 1.56. The number of carbonyl (C=O) groups is 1. The van der Waals surface area contributed by atoms with Gasteiger partial charge in [-0.05, 0) is 37.5 Å². The second-order valence-corrected chi connectivity index (χ2v) is 10.8. The molecule has 1 aliphatic carbocycles. The minimum atomic E-state index is -3.85. The highest BCUT2D eigenvalue weighted by molar-refractivity contribution is 7.90. The summed E-state index contributed by atoms with van der Waals surface area (Å²) in [5, 5.41) is 13.6. The maximum atomic E-state index is 13.4. The smallest absolute Gasteiger partial charge is 0.306 e. The molecule has 10 heteroatoms. The SMILES string of the molecule is O=C(O)[C@H]1CCCC(Nc2ncc(Cl)c(-c3cn(S(=O)(=O)c4ccccc4)c4ccccc34)n2)C1. The van der Waals surface area contributed by atoms with Gasteiger partial charge in [-0.2, -0.15) is 0 Å². The Morgan fingerprint density at radius 2 is 1.83 bits per heavy atom. The molecule has 0 saturated heterocycles. The fraction of sp³-hybridized carbons (Fsp3) is 0.240. The molecule has 0 spiro atoms. The predicted molar refractivity (Wildman–Crippen MR) is 134 cm³/mol. The molecule has 1 unspecified atom stereocenters. The second-order valence-electron chi connectivity index (χ2n) is 8.61. The van der Waals surface area contributed by atoms with Crippen LogP contribution >= 0.6 is 11.6 Å². The summed E-state index contributed by atoms with van der Waals surface area (Å²) in [5.41, 5.74) is 1.46. The summed E-state index contributed by atoms with van der Waals surface area (Å²) in [6.07, 6.45) is 5.79. The summed E-state index contributed by atoms with van der Waals surface area (Å²) >= 11 is 6.49. The number of rotatable bonds is 6. The van der Waals surface area contributed by atoms with Crippen LogP contribution < -0.4 is 5.32 Å². The zero-order chi connectivity index (χ0) is 24.6. The Labute approximate surface area is 207 Å². The average Bonchev–Trinajstić information content (AvgIpc) is 3.26. The van der Waals surface area contributed by atoms with E-state index >= 15 is 0 Å². The van der Waals surface area contributed by atoms with E-state index in [2.05, 4.69) is 15.3 Å². The lowest BCUT2D eigenvalue weighted by Gasteiger charge is -2.27. The van der Waals surface area contributed by atoms with Gasteiger partial charge in [-0.3, -0.25) is 4.79 Å². The molecule has 2 atom stereocenters. The highest BCUT2D eigenvalue weighted by Crippen LogP contribution is 2.36. The van der Waals surface area contributed by atoms with Crippen LogP contribution in [-0.4, -0.2) is 39.5 Å². The lowest BCUT2D eigenvalue weighted by Crippen LogP contribution is -2.31. The van der Waals surface area contributed by atoms with Gasteiger partial charge >= 0.3 is 5.97 Å². The third-order valence-electron chi connectivity index (χ3n) is 6.33. The average molecular weight is 511 g/mol. The molecule has 0 amide bonds. The summed E-state index contributed by atoms with van der Waals surface area (Å²) < 4.78 is 28.1. The van der Waals surface area contributed by atoms with Gasteiger partial charge in [0.15, 0.2) is 0 Å². The van der Waals surface area contributed by atoms with E-state index in [0.29, 0.717) is 41.0 Å². The summed E-state index contributed by atoms with van der Waals surface area (Å²) in [7, 11) is -3.85. The molecule has 2 aromatic heterocycles. The number of halogens is 1. The molecule has 1 aliphatic rings. The molecule has 1 fully saturated rings. The van der Waals surface area contributed by atoms with Crippen LogP contribution in [0.2, 0.25) is 5.02 Å². The number of hydrogen-bond donors (Lipinski definition) is 2. The fourth-order valence-corrected chi connectivity index (χ4v) is 6.18. The topological polar surface area (TPSA) is 114 Å². The largest absolute Gasteiger partial charge is 0.481 e. The molecule has 1 saturated carbocycles. The minimum Gasteiger partial charge on any atom is -0.481 e. The van der Waals surface area contributed by atoms with Crippen molar-refractivity contribution in [2.75, 3.05) is 5.32 Å². The van der Waals surface area contributed by atoms with E-state index in [1.54, 1.807) is 42.5 Å². The summed E-state index contributed by atoms with van der Waals surface area (Å²) in [4.78, 5) is 20.5. The maximum Gasteiger partial charge on any atom is 0.306 e. The van der Waals surface area contributed by atoms with Gasteiger partial charge in [-0.1, -0.05) is 54.4 Å². The van der Waals surface area contributed by atoms with Crippen LogP contribution in [0.3, 0.4) is 0 Å². The summed E-state index contributed by atoms with van der Waals surface area (Å²) in [6.45, 7) is 0. The molecule has 4 aromatic rings. The van der Waals surface area contributed by atoms with Crippen molar-refractivity contribution in [3.63, 3.8) is 0 Å². The number of carboxylic acid groups (broad SMARTS) is 1. The first kappa shape index (κ1) is 23.3. The first-order chi connectivity index (χ1) is 16.8. The summed E-state index contributed by atoms with van der Waals surface area (Å²) in [6, 6.07) is 15.3. The van der Waals surface area contributed by atoms with Crippen molar-refractivity contribution in [3.05, 3.63) is 72.0 Å². The summed E-state index contributed by atoms with van der Waals surface area (Å²) in [5.74, 6) is -0.862. The molecule has 180 valence electrons. The van der Waals surface area contributed by atoms with Gasteiger partial charge in [0.2, 0.25) is 5.95 Å². The standard InChI is InChI=1S/C25H23ClN4O4S/c26-21-14-27-25(28-17-8-6-7-16(13-17)24(31)32)29-23(21)20-15-30(22-12-5-4-11-19(20)22)35(33,34)18-9-2-1-3-10-18/h1-5,9-12,14-17H,6-8,13H2,(H,31,32)(H,27,28,29)/t16-,17?/m0/s1. The molecular formula is C25H23ClN4O4S. The van der Waals surface area contributed by atoms with Crippen molar-refractivity contribution in [2.45, 2.75) is 36.6 Å². The van der Waals surface area contributed by atoms with E-state index in [1.165, 1.54) is 16.4 Å². The van der Waals surface area contributed by atoms with Gasteiger partial charge in [0.05, 0.1) is 33.2 Å². The van der Waals surface area contributed by atoms with Gasteiger partial charge in [-0.25, -0.2) is 22.4 Å². The number of anilines is 1. The third kappa shape index (κ3) is 4.49. The molecule has 8 nitrogen and oxygen atoms in total. The molecular weight excluding hydrogens is 488 g/mol. The fourth-order valence-electron chi connectivity index (χ4n) is 4.60. The van der Waals surface area contributed by atoms with Gasteiger partial charge in [-0.15, -0.1) is 0 Å². The van der Waals surface area contributed by atoms with E-state index in [9.17, 15) is 18.3 Å². The number of aromatic nitrogens is 3. The van der Waals surface area contributed by atoms with Gasteiger partial charge < -0.3 is 10.4 Å². The Morgan fingerprint density at radius 3 is 2.60 bits per heavy atom.